The maximum absolute atomic E-state index is 5.67. The molecule has 11 heteroatoms. The molecule has 0 unspecified atom stereocenters. The van der Waals surface area contributed by atoms with E-state index in [9.17, 15) is 0 Å². The van der Waals surface area contributed by atoms with Crippen molar-refractivity contribution in [2.45, 2.75) is 0 Å². The molecule has 176 valence electrons. The first-order chi connectivity index (χ1) is 16.6. The first-order valence-corrected chi connectivity index (χ1v) is 11.8. The zero-order chi connectivity index (χ0) is 23.5. The normalized spacial score (nSPS) is 14.0. The van der Waals surface area contributed by atoms with Crippen LogP contribution in [0.4, 0.5) is 17.6 Å². The van der Waals surface area contributed by atoms with E-state index >= 15 is 0 Å². The third-order valence-electron chi connectivity index (χ3n) is 5.65. The van der Waals surface area contributed by atoms with E-state index in [-0.39, 0.29) is 5.95 Å². The van der Waals surface area contributed by atoms with E-state index in [4.69, 9.17) is 25.2 Å². The van der Waals surface area contributed by atoms with Crippen molar-refractivity contribution in [2.75, 3.05) is 69.1 Å². The van der Waals surface area contributed by atoms with Crippen molar-refractivity contribution in [3.05, 3.63) is 36.8 Å². The van der Waals surface area contributed by atoms with Crippen LogP contribution in [0.2, 0.25) is 0 Å². The lowest BCUT2D eigenvalue weighted by atomic mass is 10.2. The van der Waals surface area contributed by atoms with Gasteiger partial charge in [0.2, 0.25) is 5.95 Å². The number of likely N-dealkylation sites (N-methyl/N-ethyl adjacent to an activating group) is 1. The van der Waals surface area contributed by atoms with E-state index < -0.39 is 0 Å². The van der Waals surface area contributed by atoms with E-state index in [0.717, 1.165) is 57.5 Å². The zero-order valence-corrected chi connectivity index (χ0v) is 20.0. The average Bonchev–Trinajstić information content (AvgIpc) is 3.32. The highest BCUT2D eigenvalue weighted by molar-refractivity contribution is 7.22. The van der Waals surface area contributed by atoms with Gasteiger partial charge in [0.1, 0.15) is 5.82 Å². The summed E-state index contributed by atoms with van der Waals surface area (Å²) in [6, 6.07) is 6.23. The number of nitrogens with zero attached hydrogens (tertiary/aromatic N) is 7. The number of pyridine rings is 1. The number of rotatable bonds is 7. The fraction of sp³-hybridized carbons (Fsp3) is 0.348. The molecule has 0 bridgehead atoms. The summed E-state index contributed by atoms with van der Waals surface area (Å²) in [6.07, 6.45) is 5.15. The topological polar surface area (TPSA) is 115 Å². The van der Waals surface area contributed by atoms with Crippen LogP contribution in [-0.4, -0.2) is 78.5 Å². The molecule has 5 rings (SSSR count). The number of hydrogen-bond donors (Lipinski definition) is 1. The van der Waals surface area contributed by atoms with E-state index in [1.165, 1.54) is 0 Å². The second-order valence-corrected chi connectivity index (χ2v) is 8.99. The Hall–Kier alpha value is -3.41. The van der Waals surface area contributed by atoms with Crippen molar-refractivity contribution in [1.82, 2.24) is 24.9 Å². The molecule has 0 saturated carbocycles. The first kappa shape index (κ1) is 22.4. The van der Waals surface area contributed by atoms with Crippen LogP contribution >= 0.6 is 11.3 Å². The molecule has 1 fully saturated rings. The smallest absolute Gasteiger partial charge is 0.219 e. The van der Waals surface area contributed by atoms with Crippen LogP contribution in [0.5, 0.6) is 0 Å². The number of nitrogen functional groups attached to an aromatic ring is 1. The standard InChI is InChI=1S/C23H26N8O2S/c1-30(5-8-32-2)19-11-15(3-4-25-19)18-12-17-20(34-18)22(31-6-9-33-10-7-31)29-21(28-17)16-13-26-23(24)27-14-16/h3-4,11-14H,5-10H2,1-2H3,(H2,24,26,27). The number of anilines is 3. The monoisotopic (exact) mass is 478 g/mol. The summed E-state index contributed by atoms with van der Waals surface area (Å²) in [5.41, 5.74) is 8.37. The van der Waals surface area contributed by atoms with Gasteiger partial charge in [-0.05, 0) is 23.8 Å². The minimum atomic E-state index is 0.222. The Morgan fingerprint density at radius 1 is 1.12 bits per heavy atom. The third-order valence-corrected chi connectivity index (χ3v) is 6.82. The minimum absolute atomic E-state index is 0.222. The van der Waals surface area contributed by atoms with Crippen LogP contribution in [0.25, 0.3) is 32.0 Å². The molecule has 34 heavy (non-hydrogen) atoms. The van der Waals surface area contributed by atoms with E-state index in [0.29, 0.717) is 25.6 Å². The predicted octanol–water partition coefficient (Wildman–Crippen LogP) is 2.71. The molecule has 5 heterocycles. The van der Waals surface area contributed by atoms with Crippen molar-refractivity contribution >= 4 is 39.1 Å². The van der Waals surface area contributed by atoms with Gasteiger partial charge in [0.05, 0.1) is 35.6 Å². The number of ether oxygens (including phenoxy) is 2. The quantitative estimate of drug-likeness (QED) is 0.425. The van der Waals surface area contributed by atoms with Gasteiger partial charge in [0.25, 0.3) is 0 Å². The molecular weight excluding hydrogens is 452 g/mol. The van der Waals surface area contributed by atoms with E-state index in [1.54, 1.807) is 30.8 Å². The lowest BCUT2D eigenvalue weighted by molar-refractivity contribution is 0.122. The van der Waals surface area contributed by atoms with Crippen molar-refractivity contribution in [3.63, 3.8) is 0 Å². The van der Waals surface area contributed by atoms with Crippen molar-refractivity contribution in [3.8, 4) is 21.8 Å². The highest BCUT2D eigenvalue weighted by Gasteiger charge is 2.21. The molecule has 0 atom stereocenters. The van der Waals surface area contributed by atoms with Crippen LogP contribution in [-0.2, 0) is 9.47 Å². The number of aromatic nitrogens is 5. The van der Waals surface area contributed by atoms with Gasteiger partial charge in [0.15, 0.2) is 11.6 Å². The molecule has 0 aliphatic carbocycles. The Morgan fingerprint density at radius 2 is 1.91 bits per heavy atom. The number of morpholine rings is 1. The molecule has 4 aromatic rings. The fourth-order valence-corrected chi connectivity index (χ4v) is 4.86. The first-order valence-electron chi connectivity index (χ1n) is 11.0. The number of nitrogens with two attached hydrogens (primary N) is 1. The van der Waals surface area contributed by atoms with Crippen LogP contribution in [0, 0.1) is 0 Å². The summed E-state index contributed by atoms with van der Waals surface area (Å²) in [4.78, 5) is 28.0. The summed E-state index contributed by atoms with van der Waals surface area (Å²) in [7, 11) is 3.71. The summed E-state index contributed by atoms with van der Waals surface area (Å²) >= 11 is 1.69. The zero-order valence-electron chi connectivity index (χ0n) is 19.1. The molecular formula is C23H26N8O2S. The molecule has 0 spiro atoms. The number of thiophene rings is 1. The van der Waals surface area contributed by atoms with Gasteiger partial charge in [-0.2, -0.15) is 0 Å². The Kier molecular flexibility index (Phi) is 6.48. The van der Waals surface area contributed by atoms with Crippen molar-refractivity contribution in [2.24, 2.45) is 0 Å². The molecule has 2 N–H and O–H groups in total. The highest BCUT2D eigenvalue weighted by Crippen LogP contribution is 2.39. The van der Waals surface area contributed by atoms with Gasteiger partial charge in [-0.15, -0.1) is 11.3 Å². The predicted molar refractivity (Wildman–Crippen MR) is 134 cm³/mol. The minimum Gasteiger partial charge on any atom is -0.383 e. The van der Waals surface area contributed by atoms with Crippen LogP contribution < -0.4 is 15.5 Å². The van der Waals surface area contributed by atoms with Gasteiger partial charge in [-0.3, -0.25) is 0 Å². The molecule has 0 aromatic carbocycles. The van der Waals surface area contributed by atoms with Crippen LogP contribution in [0.15, 0.2) is 36.8 Å². The molecule has 1 aliphatic heterocycles. The third kappa shape index (κ3) is 4.63. The van der Waals surface area contributed by atoms with Gasteiger partial charge >= 0.3 is 0 Å². The lowest BCUT2D eigenvalue weighted by Crippen LogP contribution is -2.36. The van der Waals surface area contributed by atoms with E-state index in [1.807, 2.05) is 19.3 Å². The Balaban J connectivity index is 1.58. The molecule has 4 aromatic heterocycles. The van der Waals surface area contributed by atoms with E-state index in [2.05, 4.69) is 36.9 Å². The summed E-state index contributed by atoms with van der Waals surface area (Å²) in [5, 5.41) is 0. The SMILES string of the molecule is COCCN(C)c1cc(-c2cc3nc(-c4cnc(N)nc4)nc(N4CCOCC4)c3s2)ccn1. The van der Waals surface area contributed by atoms with Gasteiger partial charge in [-0.1, -0.05) is 0 Å². The maximum Gasteiger partial charge on any atom is 0.219 e. The van der Waals surface area contributed by atoms with Crippen LogP contribution in [0.1, 0.15) is 0 Å². The Morgan fingerprint density at radius 3 is 2.68 bits per heavy atom. The van der Waals surface area contributed by atoms with Gasteiger partial charge in [-0.25, -0.2) is 24.9 Å². The Bertz CT molecular complexity index is 1270. The molecule has 10 nitrogen and oxygen atoms in total. The largest absolute Gasteiger partial charge is 0.383 e. The summed E-state index contributed by atoms with van der Waals surface area (Å²) in [6.45, 7) is 4.30. The number of methoxy groups -OCH3 is 1. The summed E-state index contributed by atoms with van der Waals surface area (Å²) < 4.78 is 11.8. The highest BCUT2D eigenvalue weighted by atomic mass is 32.1. The Labute approximate surface area is 201 Å². The van der Waals surface area contributed by atoms with Crippen molar-refractivity contribution < 1.29 is 9.47 Å². The fourth-order valence-electron chi connectivity index (χ4n) is 3.75. The lowest BCUT2D eigenvalue weighted by Gasteiger charge is -2.28. The second kappa shape index (κ2) is 9.84. The number of fused-ring (bicyclic) bond motifs is 1. The number of hydrogen-bond acceptors (Lipinski definition) is 11. The summed E-state index contributed by atoms with van der Waals surface area (Å²) in [5.74, 6) is 2.60. The van der Waals surface area contributed by atoms with Gasteiger partial charge < -0.3 is 25.0 Å². The molecule has 0 radical (unpaired) electrons. The molecule has 1 saturated heterocycles. The molecule has 0 amide bonds. The molecule has 1 aliphatic rings. The maximum atomic E-state index is 5.67. The second-order valence-electron chi connectivity index (χ2n) is 7.94. The van der Waals surface area contributed by atoms with Gasteiger partial charge in [0, 0.05) is 57.3 Å². The van der Waals surface area contributed by atoms with Crippen LogP contribution in [0.3, 0.4) is 0 Å². The van der Waals surface area contributed by atoms with Crippen molar-refractivity contribution in [1.29, 1.82) is 0 Å². The average molecular weight is 479 g/mol.